The highest BCUT2D eigenvalue weighted by Gasteiger charge is 2.20. The van der Waals surface area contributed by atoms with Gasteiger partial charge in [0, 0.05) is 36.4 Å². The second-order valence-electron chi connectivity index (χ2n) is 4.21. The lowest BCUT2D eigenvalue weighted by Gasteiger charge is -2.30. The summed E-state index contributed by atoms with van der Waals surface area (Å²) in [6, 6.07) is 3.98. The third kappa shape index (κ3) is 3.71. The van der Waals surface area contributed by atoms with Crippen molar-refractivity contribution < 1.29 is 4.79 Å². The van der Waals surface area contributed by atoms with Crippen LogP contribution in [0, 0.1) is 0 Å². The highest BCUT2D eigenvalue weighted by Crippen LogP contribution is 2.18. The number of aromatic nitrogens is 1. The van der Waals surface area contributed by atoms with Gasteiger partial charge < -0.3 is 10.6 Å². The lowest BCUT2D eigenvalue weighted by molar-refractivity contribution is -0.129. The molecular formula is C12H17N3OS. The Kier molecular flexibility index (Phi) is 4.39. The second-order valence-corrected chi connectivity index (χ2v) is 5.26. The monoisotopic (exact) mass is 251 g/mol. The maximum atomic E-state index is 12.0. The molecule has 0 spiro atoms. The highest BCUT2D eigenvalue weighted by molar-refractivity contribution is 8.00. The molecule has 1 aliphatic rings. The minimum atomic E-state index is 0.152. The standard InChI is InChI=1S/C12H17N3OS/c13-10-2-1-7-15(8-10)12(16)9-17-11-3-5-14-6-4-11/h3-6,10H,1-2,7-9,13H2/t10-/m0/s1. The van der Waals surface area contributed by atoms with Crippen molar-refractivity contribution in [2.24, 2.45) is 5.73 Å². The van der Waals surface area contributed by atoms with Gasteiger partial charge >= 0.3 is 0 Å². The Morgan fingerprint density at radius 1 is 1.53 bits per heavy atom. The third-order valence-electron chi connectivity index (χ3n) is 2.82. The number of carbonyl (C=O) groups excluding carboxylic acids is 1. The van der Waals surface area contributed by atoms with E-state index in [1.807, 2.05) is 17.0 Å². The summed E-state index contributed by atoms with van der Waals surface area (Å²) in [6.07, 6.45) is 5.53. The van der Waals surface area contributed by atoms with Gasteiger partial charge in [0.15, 0.2) is 0 Å². The van der Waals surface area contributed by atoms with Gasteiger partial charge in [0.25, 0.3) is 0 Å². The van der Waals surface area contributed by atoms with E-state index < -0.39 is 0 Å². The fourth-order valence-electron chi connectivity index (χ4n) is 1.91. The van der Waals surface area contributed by atoms with Crippen molar-refractivity contribution in [3.63, 3.8) is 0 Å². The van der Waals surface area contributed by atoms with Crippen molar-refractivity contribution >= 4 is 17.7 Å². The Balaban J connectivity index is 1.81. The van der Waals surface area contributed by atoms with Crippen LogP contribution in [0.15, 0.2) is 29.4 Å². The Labute approximate surface area is 106 Å². The largest absolute Gasteiger partial charge is 0.340 e. The maximum Gasteiger partial charge on any atom is 0.232 e. The first-order valence-corrected chi connectivity index (χ1v) is 6.80. The normalized spacial score (nSPS) is 20.3. The SMILES string of the molecule is N[C@H]1CCCN(C(=O)CSc2ccncc2)C1. The summed E-state index contributed by atoms with van der Waals surface area (Å²) in [5.41, 5.74) is 5.86. The number of piperidine rings is 1. The van der Waals surface area contributed by atoms with Crippen molar-refractivity contribution in [3.8, 4) is 0 Å². The van der Waals surface area contributed by atoms with Crippen molar-refractivity contribution in [1.82, 2.24) is 9.88 Å². The lowest BCUT2D eigenvalue weighted by Crippen LogP contribution is -2.46. The van der Waals surface area contributed by atoms with Gasteiger partial charge in [-0.05, 0) is 25.0 Å². The Morgan fingerprint density at radius 2 is 2.29 bits per heavy atom. The minimum absolute atomic E-state index is 0.152. The second kappa shape index (κ2) is 6.02. The molecule has 1 aliphatic heterocycles. The molecule has 1 aromatic heterocycles. The Bertz CT molecular complexity index is 371. The quantitative estimate of drug-likeness (QED) is 0.818. The minimum Gasteiger partial charge on any atom is -0.340 e. The molecule has 0 aliphatic carbocycles. The molecule has 1 saturated heterocycles. The molecule has 2 N–H and O–H groups in total. The van der Waals surface area contributed by atoms with Crippen LogP contribution in [0.1, 0.15) is 12.8 Å². The van der Waals surface area contributed by atoms with Gasteiger partial charge in [-0.15, -0.1) is 11.8 Å². The average molecular weight is 251 g/mol. The van der Waals surface area contributed by atoms with E-state index in [0.717, 1.165) is 24.3 Å². The zero-order valence-corrected chi connectivity index (χ0v) is 10.5. The van der Waals surface area contributed by atoms with Gasteiger partial charge in [0.05, 0.1) is 5.75 Å². The summed E-state index contributed by atoms with van der Waals surface area (Å²) >= 11 is 1.55. The van der Waals surface area contributed by atoms with Crippen LogP contribution in [0.3, 0.4) is 0 Å². The van der Waals surface area contributed by atoms with Gasteiger partial charge in [-0.2, -0.15) is 0 Å². The van der Waals surface area contributed by atoms with E-state index in [1.54, 1.807) is 24.2 Å². The van der Waals surface area contributed by atoms with E-state index in [-0.39, 0.29) is 11.9 Å². The molecule has 0 aromatic carbocycles. The number of carbonyl (C=O) groups is 1. The number of nitrogens with two attached hydrogens (primary N) is 1. The van der Waals surface area contributed by atoms with Crippen LogP contribution in [0.2, 0.25) is 0 Å². The number of rotatable bonds is 3. The van der Waals surface area contributed by atoms with Crippen LogP contribution in [-0.4, -0.2) is 40.7 Å². The summed E-state index contributed by atoms with van der Waals surface area (Å²) in [5.74, 6) is 0.665. The molecule has 5 heteroatoms. The number of amides is 1. The predicted molar refractivity (Wildman–Crippen MR) is 68.8 cm³/mol. The number of hydrogen-bond acceptors (Lipinski definition) is 4. The summed E-state index contributed by atoms with van der Waals surface area (Å²) in [6.45, 7) is 1.55. The number of hydrogen-bond donors (Lipinski definition) is 1. The molecule has 0 saturated carbocycles. The van der Waals surface area contributed by atoms with Gasteiger partial charge in [0.1, 0.15) is 0 Å². The number of pyridine rings is 1. The molecule has 17 heavy (non-hydrogen) atoms. The van der Waals surface area contributed by atoms with Crippen LogP contribution in [0.25, 0.3) is 0 Å². The number of thioether (sulfide) groups is 1. The highest BCUT2D eigenvalue weighted by atomic mass is 32.2. The summed E-state index contributed by atoms with van der Waals surface area (Å²) < 4.78 is 0. The van der Waals surface area contributed by atoms with Crippen molar-refractivity contribution in [1.29, 1.82) is 0 Å². The van der Waals surface area contributed by atoms with Crippen LogP contribution < -0.4 is 5.73 Å². The van der Waals surface area contributed by atoms with E-state index >= 15 is 0 Å². The molecular weight excluding hydrogens is 234 g/mol. The Morgan fingerprint density at radius 3 is 3.00 bits per heavy atom. The molecule has 2 heterocycles. The summed E-state index contributed by atoms with van der Waals surface area (Å²) in [4.78, 5) is 18.9. The number of nitrogens with zero attached hydrogens (tertiary/aromatic N) is 2. The molecule has 92 valence electrons. The molecule has 0 bridgehead atoms. The first kappa shape index (κ1) is 12.4. The molecule has 1 aromatic rings. The molecule has 1 atom stereocenters. The van der Waals surface area contributed by atoms with E-state index in [1.165, 1.54) is 0 Å². The fourth-order valence-corrected chi connectivity index (χ4v) is 2.69. The van der Waals surface area contributed by atoms with E-state index in [4.69, 9.17) is 5.73 Å². The summed E-state index contributed by atoms with van der Waals surface area (Å²) in [5, 5.41) is 0. The van der Waals surface area contributed by atoms with Gasteiger partial charge in [-0.3, -0.25) is 9.78 Å². The van der Waals surface area contributed by atoms with Crippen molar-refractivity contribution in [2.45, 2.75) is 23.8 Å². The average Bonchev–Trinajstić information content (AvgIpc) is 2.37. The lowest BCUT2D eigenvalue weighted by atomic mass is 10.1. The third-order valence-corrected chi connectivity index (χ3v) is 3.82. The molecule has 2 rings (SSSR count). The first-order chi connectivity index (χ1) is 8.25. The van der Waals surface area contributed by atoms with Crippen molar-refractivity contribution in [2.75, 3.05) is 18.8 Å². The topological polar surface area (TPSA) is 59.2 Å². The fraction of sp³-hybridized carbons (Fsp3) is 0.500. The predicted octanol–water partition coefficient (Wildman–Crippen LogP) is 1.12. The summed E-state index contributed by atoms with van der Waals surface area (Å²) in [7, 11) is 0. The zero-order valence-electron chi connectivity index (χ0n) is 9.71. The first-order valence-electron chi connectivity index (χ1n) is 5.82. The molecule has 0 unspecified atom stereocenters. The van der Waals surface area contributed by atoms with E-state index in [9.17, 15) is 4.79 Å². The maximum absolute atomic E-state index is 12.0. The van der Waals surface area contributed by atoms with Crippen LogP contribution >= 0.6 is 11.8 Å². The Hall–Kier alpha value is -1.07. The zero-order chi connectivity index (χ0) is 12.1. The van der Waals surface area contributed by atoms with Gasteiger partial charge in [0.2, 0.25) is 5.91 Å². The number of likely N-dealkylation sites (tertiary alicyclic amines) is 1. The van der Waals surface area contributed by atoms with E-state index in [0.29, 0.717) is 12.3 Å². The molecule has 1 fully saturated rings. The van der Waals surface area contributed by atoms with Crippen LogP contribution in [-0.2, 0) is 4.79 Å². The van der Waals surface area contributed by atoms with Crippen molar-refractivity contribution in [3.05, 3.63) is 24.5 Å². The van der Waals surface area contributed by atoms with Gasteiger partial charge in [-0.25, -0.2) is 0 Å². The van der Waals surface area contributed by atoms with Crippen LogP contribution in [0.5, 0.6) is 0 Å². The van der Waals surface area contributed by atoms with Gasteiger partial charge in [-0.1, -0.05) is 0 Å². The molecule has 0 radical (unpaired) electrons. The van der Waals surface area contributed by atoms with Crippen LogP contribution in [0.4, 0.5) is 0 Å². The van der Waals surface area contributed by atoms with E-state index in [2.05, 4.69) is 4.98 Å². The molecule has 4 nitrogen and oxygen atoms in total. The molecule has 1 amide bonds. The smallest absolute Gasteiger partial charge is 0.232 e.